The van der Waals surface area contributed by atoms with Gasteiger partial charge in [-0.15, -0.1) is 11.6 Å². The lowest BCUT2D eigenvalue weighted by Gasteiger charge is -2.39. The number of hydrogen-bond acceptors (Lipinski definition) is 2. The maximum absolute atomic E-state index is 13.0. The van der Waals surface area contributed by atoms with E-state index < -0.39 is 10.2 Å². The van der Waals surface area contributed by atoms with Crippen LogP contribution in [-0.4, -0.2) is 48.1 Å². The monoisotopic (exact) mass is 320 g/mol. The number of nitrogens with zero attached hydrogens (tertiary/aromatic N) is 2. The Morgan fingerprint density at radius 2 is 1.65 bits per heavy atom. The first kappa shape index (κ1) is 15.1. The van der Waals surface area contributed by atoms with Gasteiger partial charge in [0.1, 0.15) is 0 Å². The maximum Gasteiger partial charge on any atom is 0.282 e. The van der Waals surface area contributed by atoms with Crippen LogP contribution in [0, 0.1) is 5.92 Å². The van der Waals surface area contributed by atoms with Crippen molar-refractivity contribution in [2.45, 2.75) is 63.5 Å². The summed E-state index contributed by atoms with van der Waals surface area (Å²) < 4.78 is 29.5. The summed E-state index contributed by atoms with van der Waals surface area (Å²) >= 11 is 6.00. The van der Waals surface area contributed by atoms with Gasteiger partial charge in [0.05, 0.1) is 0 Å². The molecule has 3 aliphatic rings. The molecule has 3 rings (SSSR count). The first-order chi connectivity index (χ1) is 9.64. The van der Waals surface area contributed by atoms with Crippen LogP contribution in [0.25, 0.3) is 0 Å². The van der Waals surface area contributed by atoms with Crippen LogP contribution in [0.2, 0.25) is 0 Å². The SMILES string of the molecule is O=S(=O)(N1CCCCC1CCl)N1CCC2CCCCC21. The van der Waals surface area contributed by atoms with Crippen molar-refractivity contribution in [2.24, 2.45) is 5.92 Å². The molecule has 0 aromatic carbocycles. The Labute approximate surface area is 127 Å². The normalized spacial score (nSPS) is 37.0. The summed E-state index contributed by atoms with van der Waals surface area (Å²) in [6.45, 7) is 1.36. The molecule has 2 aliphatic heterocycles. The van der Waals surface area contributed by atoms with E-state index in [1.165, 1.54) is 19.3 Å². The van der Waals surface area contributed by atoms with Crippen LogP contribution in [0.1, 0.15) is 51.4 Å². The lowest BCUT2D eigenvalue weighted by molar-refractivity contribution is 0.217. The molecule has 3 fully saturated rings. The van der Waals surface area contributed by atoms with Gasteiger partial charge in [0.2, 0.25) is 0 Å². The van der Waals surface area contributed by atoms with E-state index in [1.54, 1.807) is 4.31 Å². The first-order valence-electron chi connectivity index (χ1n) is 7.99. The Balaban J connectivity index is 1.80. The highest BCUT2D eigenvalue weighted by Gasteiger charge is 2.45. The van der Waals surface area contributed by atoms with Gasteiger partial charge < -0.3 is 0 Å². The van der Waals surface area contributed by atoms with E-state index in [2.05, 4.69) is 0 Å². The van der Waals surface area contributed by atoms with Crippen molar-refractivity contribution in [1.29, 1.82) is 0 Å². The van der Waals surface area contributed by atoms with Crippen molar-refractivity contribution in [3.05, 3.63) is 0 Å². The molecule has 0 spiro atoms. The summed E-state index contributed by atoms with van der Waals surface area (Å²) in [6, 6.07) is 0.254. The number of rotatable bonds is 3. The largest absolute Gasteiger partial charge is 0.282 e. The molecule has 0 amide bonds. The standard InChI is InChI=1S/C14H25ClN2O2S/c15-11-13-6-3-4-9-16(13)20(18,19)17-10-8-12-5-1-2-7-14(12)17/h12-14H,1-11H2. The Morgan fingerprint density at radius 1 is 0.900 bits per heavy atom. The fraction of sp³-hybridized carbons (Fsp3) is 1.00. The van der Waals surface area contributed by atoms with Crippen LogP contribution in [-0.2, 0) is 10.2 Å². The molecule has 3 unspecified atom stereocenters. The van der Waals surface area contributed by atoms with Gasteiger partial charge in [-0.2, -0.15) is 17.0 Å². The smallest absolute Gasteiger partial charge is 0.195 e. The number of fused-ring (bicyclic) bond motifs is 1. The average molecular weight is 321 g/mol. The van der Waals surface area contributed by atoms with E-state index in [1.807, 2.05) is 4.31 Å². The van der Waals surface area contributed by atoms with Crippen molar-refractivity contribution < 1.29 is 8.42 Å². The summed E-state index contributed by atoms with van der Waals surface area (Å²) in [5.41, 5.74) is 0. The molecule has 20 heavy (non-hydrogen) atoms. The third-order valence-electron chi connectivity index (χ3n) is 5.30. The summed E-state index contributed by atoms with van der Waals surface area (Å²) in [5.74, 6) is 1.01. The minimum atomic E-state index is -3.31. The Hall–Kier alpha value is 0.160. The third-order valence-corrected chi connectivity index (χ3v) is 7.78. The van der Waals surface area contributed by atoms with Gasteiger partial charge >= 0.3 is 0 Å². The van der Waals surface area contributed by atoms with E-state index in [0.717, 1.165) is 32.1 Å². The molecule has 1 saturated carbocycles. The van der Waals surface area contributed by atoms with Crippen LogP contribution >= 0.6 is 11.6 Å². The van der Waals surface area contributed by atoms with Crippen molar-refractivity contribution in [1.82, 2.24) is 8.61 Å². The Bertz CT molecular complexity index is 442. The van der Waals surface area contributed by atoms with Crippen molar-refractivity contribution in [3.8, 4) is 0 Å². The number of piperidine rings is 1. The van der Waals surface area contributed by atoms with Crippen LogP contribution in [0.3, 0.4) is 0 Å². The summed E-state index contributed by atoms with van der Waals surface area (Å²) in [7, 11) is -3.31. The highest BCUT2D eigenvalue weighted by molar-refractivity contribution is 7.86. The fourth-order valence-electron chi connectivity index (χ4n) is 4.22. The zero-order valence-electron chi connectivity index (χ0n) is 12.0. The van der Waals surface area contributed by atoms with E-state index in [9.17, 15) is 8.42 Å². The highest BCUT2D eigenvalue weighted by atomic mass is 35.5. The molecular formula is C14H25ClN2O2S. The molecule has 6 heteroatoms. The highest BCUT2D eigenvalue weighted by Crippen LogP contribution is 2.39. The Kier molecular flexibility index (Phi) is 4.60. The summed E-state index contributed by atoms with van der Waals surface area (Å²) in [4.78, 5) is 0. The van der Waals surface area contributed by atoms with E-state index in [-0.39, 0.29) is 12.1 Å². The third kappa shape index (κ3) is 2.62. The zero-order chi connectivity index (χ0) is 14.2. The Morgan fingerprint density at radius 3 is 2.45 bits per heavy atom. The second-order valence-corrected chi connectivity index (χ2v) is 8.58. The van der Waals surface area contributed by atoms with E-state index in [0.29, 0.717) is 24.9 Å². The predicted octanol–water partition coefficient (Wildman–Crippen LogP) is 2.59. The second kappa shape index (κ2) is 6.11. The summed E-state index contributed by atoms with van der Waals surface area (Å²) in [6.07, 6.45) is 8.70. The molecular weight excluding hydrogens is 296 g/mol. The zero-order valence-corrected chi connectivity index (χ0v) is 13.6. The van der Waals surface area contributed by atoms with Crippen LogP contribution in [0.15, 0.2) is 0 Å². The topological polar surface area (TPSA) is 40.6 Å². The van der Waals surface area contributed by atoms with Crippen LogP contribution in [0.5, 0.6) is 0 Å². The molecule has 2 heterocycles. The lowest BCUT2D eigenvalue weighted by Crippen LogP contribution is -2.53. The molecule has 0 radical (unpaired) electrons. The van der Waals surface area contributed by atoms with Gasteiger partial charge in [-0.05, 0) is 38.0 Å². The van der Waals surface area contributed by atoms with E-state index in [4.69, 9.17) is 11.6 Å². The van der Waals surface area contributed by atoms with Crippen LogP contribution < -0.4 is 0 Å². The second-order valence-electron chi connectivity index (χ2n) is 6.43. The van der Waals surface area contributed by atoms with E-state index >= 15 is 0 Å². The number of alkyl halides is 1. The van der Waals surface area contributed by atoms with Gasteiger partial charge in [0.25, 0.3) is 10.2 Å². The van der Waals surface area contributed by atoms with Gasteiger partial charge in [-0.25, -0.2) is 0 Å². The predicted molar refractivity (Wildman–Crippen MR) is 81.1 cm³/mol. The minimum absolute atomic E-state index is 0.00180. The molecule has 1 aliphatic carbocycles. The molecule has 3 atom stereocenters. The maximum atomic E-state index is 13.0. The lowest BCUT2D eigenvalue weighted by atomic mass is 9.86. The van der Waals surface area contributed by atoms with Gasteiger partial charge in [-0.3, -0.25) is 0 Å². The molecule has 0 N–H and O–H groups in total. The molecule has 0 bridgehead atoms. The minimum Gasteiger partial charge on any atom is -0.195 e. The molecule has 0 aromatic heterocycles. The van der Waals surface area contributed by atoms with Crippen molar-refractivity contribution in [2.75, 3.05) is 19.0 Å². The van der Waals surface area contributed by atoms with Crippen molar-refractivity contribution >= 4 is 21.8 Å². The summed E-state index contributed by atoms with van der Waals surface area (Å²) in [5, 5.41) is 0. The van der Waals surface area contributed by atoms with Gasteiger partial charge in [-0.1, -0.05) is 19.3 Å². The van der Waals surface area contributed by atoms with Gasteiger partial charge in [0, 0.05) is 31.1 Å². The average Bonchev–Trinajstić information content (AvgIpc) is 2.92. The molecule has 0 aromatic rings. The molecule has 2 saturated heterocycles. The van der Waals surface area contributed by atoms with Gasteiger partial charge in [0.15, 0.2) is 0 Å². The fourth-order valence-corrected chi connectivity index (χ4v) is 6.76. The first-order valence-corrected chi connectivity index (χ1v) is 9.92. The number of halogens is 1. The van der Waals surface area contributed by atoms with Crippen molar-refractivity contribution in [3.63, 3.8) is 0 Å². The number of hydrogen-bond donors (Lipinski definition) is 0. The quantitative estimate of drug-likeness (QED) is 0.750. The van der Waals surface area contributed by atoms with Crippen LogP contribution in [0.4, 0.5) is 0 Å². The molecule has 4 nitrogen and oxygen atoms in total. The molecule has 116 valence electrons.